The third-order valence-corrected chi connectivity index (χ3v) is 0.969. The molecular formula is C6H3F5O. The number of halogens is 5. The SMILES string of the molecule is C#CCC(=O)C(F)(F)C(F)(F)F. The van der Waals surface area contributed by atoms with Crippen LogP contribution in [0.4, 0.5) is 22.0 Å². The fraction of sp³-hybridized carbons (Fsp3) is 0.500. The van der Waals surface area contributed by atoms with Crippen molar-refractivity contribution in [2.24, 2.45) is 0 Å². The molecule has 0 N–H and O–H groups in total. The summed E-state index contributed by atoms with van der Waals surface area (Å²) in [6.45, 7) is 0. The summed E-state index contributed by atoms with van der Waals surface area (Å²) in [7, 11) is 0. The van der Waals surface area contributed by atoms with Gasteiger partial charge in [0.1, 0.15) is 0 Å². The smallest absolute Gasteiger partial charge is 0.291 e. The van der Waals surface area contributed by atoms with Gasteiger partial charge in [-0.05, 0) is 0 Å². The summed E-state index contributed by atoms with van der Waals surface area (Å²) in [5.41, 5.74) is 0. The van der Waals surface area contributed by atoms with Crippen molar-refractivity contribution in [1.82, 2.24) is 0 Å². The number of rotatable bonds is 2. The zero-order valence-electron chi connectivity index (χ0n) is 5.58. The van der Waals surface area contributed by atoms with E-state index < -0.39 is 24.3 Å². The lowest BCUT2D eigenvalue weighted by molar-refractivity contribution is -0.268. The van der Waals surface area contributed by atoms with Gasteiger partial charge < -0.3 is 0 Å². The standard InChI is InChI=1S/C6H3F5O/c1-2-3-4(12)5(7,8)6(9,10)11/h1H,3H2. The molecule has 0 aliphatic heterocycles. The predicted octanol–water partition coefficient (Wildman–Crippen LogP) is 1.78. The molecule has 0 aliphatic carbocycles. The van der Waals surface area contributed by atoms with Crippen LogP contribution in [0.3, 0.4) is 0 Å². The van der Waals surface area contributed by atoms with Crippen molar-refractivity contribution in [3.8, 4) is 12.3 Å². The van der Waals surface area contributed by atoms with Crippen molar-refractivity contribution < 1.29 is 26.7 Å². The van der Waals surface area contributed by atoms with E-state index >= 15 is 0 Å². The Morgan fingerprint density at radius 2 is 1.67 bits per heavy atom. The van der Waals surface area contributed by atoms with Crippen molar-refractivity contribution in [1.29, 1.82) is 0 Å². The third-order valence-electron chi connectivity index (χ3n) is 0.969. The molecule has 0 saturated heterocycles. The van der Waals surface area contributed by atoms with Crippen molar-refractivity contribution in [3.05, 3.63) is 0 Å². The van der Waals surface area contributed by atoms with Crippen molar-refractivity contribution in [3.63, 3.8) is 0 Å². The number of Topliss-reactive ketones (excluding diaryl/α,β-unsaturated/α-hetero) is 1. The van der Waals surface area contributed by atoms with Gasteiger partial charge in [-0.2, -0.15) is 22.0 Å². The lowest BCUT2D eigenvalue weighted by atomic mass is 10.1. The van der Waals surface area contributed by atoms with E-state index in [-0.39, 0.29) is 0 Å². The first-order chi connectivity index (χ1) is 5.23. The lowest BCUT2D eigenvalue weighted by Crippen LogP contribution is -2.43. The van der Waals surface area contributed by atoms with Crippen molar-refractivity contribution in [2.75, 3.05) is 0 Å². The van der Waals surface area contributed by atoms with Crippen LogP contribution in [0.15, 0.2) is 0 Å². The van der Waals surface area contributed by atoms with Crippen molar-refractivity contribution >= 4 is 5.78 Å². The molecule has 0 rings (SSSR count). The van der Waals surface area contributed by atoms with E-state index in [1.165, 1.54) is 5.92 Å². The first-order valence-corrected chi connectivity index (χ1v) is 2.64. The monoisotopic (exact) mass is 186 g/mol. The molecule has 0 saturated carbocycles. The Hall–Kier alpha value is -1.12. The minimum atomic E-state index is -5.86. The average molecular weight is 186 g/mol. The van der Waals surface area contributed by atoms with Gasteiger partial charge in [0.15, 0.2) is 0 Å². The summed E-state index contributed by atoms with van der Waals surface area (Å²) in [6, 6.07) is 0. The maximum atomic E-state index is 11.9. The first-order valence-electron chi connectivity index (χ1n) is 2.64. The van der Waals surface area contributed by atoms with Crippen LogP contribution in [0, 0.1) is 12.3 Å². The Morgan fingerprint density at radius 1 is 1.25 bits per heavy atom. The van der Waals surface area contributed by atoms with Crippen LogP contribution in [-0.2, 0) is 4.79 Å². The lowest BCUT2D eigenvalue weighted by Gasteiger charge is -2.16. The first kappa shape index (κ1) is 10.9. The molecule has 6 heteroatoms. The molecule has 0 fully saturated rings. The summed E-state index contributed by atoms with van der Waals surface area (Å²) >= 11 is 0. The fourth-order valence-electron chi connectivity index (χ4n) is 0.362. The Balaban J connectivity index is 4.64. The second kappa shape index (κ2) is 3.09. The normalized spacial score (nSPS) is 12.3. The van der Waals surface area contributed by atoms with Gasteiger partial charge in [-0.1, -0.05) is 5.92 Å². The number of carbonyl (C=O) groups excluding carboxylic acids is 1. The highest BCUT2D eigenvalue weighted by molar-refractivity contribution is 5.88. The molecule has 0 aromatic heterocycles. The Kier molecular flexibility index (Phi) is 2.80. The van der Waals surface area contributed by atoms with Gasteiger partial charge in [-0.3, -0.25) is 4.79 Å². The molecule has 0 bridgehead atoms. The van der Waals surface area contributed by atoms with Crippen LogP contribution in [0.5, 0.6) is 0 Å². The van der Waals surface area contributed by atoms with Crippen LogP contribution < -0.4 is 0 Å². The molecule has 1 nitrogen and oxygen atoms in total. The predicted molar refractivity (Wildman–Crippen MR) is 29.5 cm³/mol. The molecular weight excluding hydrogens is 183 g/mol. The third kappa shape index (κ3) is 1.94. The van der Waals surface area contributed by atoms with Gasteiger partial charge in [0.05, 0.1) is 6.42 Å². The van der Waals surface area contributed by atoms with Crippen LogP contribution in [0.25, 0.3) is 0 Å². The second-order valence-corrected chi connectivity index (χ2v) is 1.88. The molecule has 0 heterocycles. The topological polar surface area (TPSA) is 17.1 Å². The molecule has 12 heavy (non-hydrogen) atoms. The van der Waals surface area contributed by atoms with Crippen LogP contribution >= 0.6 is 0 Å². The maximum absolute atomic E-state index is 11.9. The molecule has 0 amide bonds. The van der Waals surface area contributed by atoms with Gasteiger partial charge >= 0.3 is 12.1 Å². The number of ketones is 1. The van der Waals surface area contributed by atoms with E-state index in [4.69, 9.17) is 0 Å². The zero-order valence-corrected chi connectivity index (χ0v) is 5.58. The highest BCUT2D eigenvalue weighted by Gasteiger charge is 2.62. The number of hydrogen-bond donors (Lipinski definition) is 0. The molecule has 0 aliphatic rings. The van der Waals surface area contributed by atoms with Crippen molar-refractivity contribution in [2.45, 2.75) is 18.5 Å². The molecule has 0 radical (unpaired) electrons. The summed E-state index contributed by atoms with van der Waals surface area (Å²) in [4.78, 5) is 10.1. The van der Waals surface area contributed by atoms with Crippen LogP contribution in [0.1, 0.15) is 6.42 Å². The van der Waals surface area contributed by atoms with E-state index in [9.17, 15) is 26.7 Å². The maximum Gasteiger partial charge on any atom is 0.461 e. The van der Waals surface area contributed by atoms with Crippen LogP contribution in [-0.4, -0.2) is 17.9 Å². The highest BCUT2D eigenvalue weighted by atomic mass is 19.4. The number of terminal acetylenes is 1. The minimum absolute atomic E-state index is 1.23. The zero-order chi connectivity index (χ0) is 9.99. The van der Waals surface area contributed by atoms with E-state index in [0.29, 0.717) is 0 Å². The van der Waals surface area contributed by atoms with Gasteiger partial charge in [-0.15, -0.1) is 6.42 Å². The molecule has 0 spiro atoms. The highest BCUT2D eigenvalue weighted by Crippen LogP contribution is 2.36. The quantitative estimate of drug-likeness (QED) is 0.474. The molecule has 0 atom stereocenters. The molecule has 0 aromatic carbocycles. The minimum Gasteiger partial charge on any atom is -0.291 e. The van der Waals surface area contributed by atoms with E-state index in [0.717, 1.165) is 0 Å². The largest absolute Gasteiger partial charge is 0.461 e. The summed E-state index contributed by atoms with van der Waals surface area (Å²) in [6.07, 6.45) is -2.69. The number of hydrogen-bond acceptors (Lipinski definition) is 1. The number of alkyl halides is 5. The summed E-state index contributed by atoms with van der Waals surface area (Å²) in [5, 5.41) is 0. The molecule has 0 unspecified atom stereocenters. The Morgan fingerprint density at radius 3 is 1.92 bits per heavy atom. The Bertz CT molecular complexity index is 221. The molecule has 0 aromatic rings. The van der Waals surface area contributed by atoms with E-state index in [2.05, 4.69) is 6.42 Å². The second-order valence-electron chi connectivity index (χ2n) is 1.88. The fourth-order valence-corrected chi connectivity index (χ4v) is 0.362. The summed E-state index contributed by atoms with van der Waals surface area (Å²) < 4.78 is 58.0. The number of carbonyl (C=O) groups is 1. The molecule has 68 valence electrons. The van der Waals surface area contributed by atoms with Gasteiger partial charge in [0.2, 0.25) is 5.78 Å². The van der Waals surface area contributed by atoms with Gasteiger partial charge in [0, 0.05) is 0 Å². The van der Waals surface area contributed by atoms with E-state index in [1.807, 2.05) is 0 Å². The van der Waals surface area contributed by atoms with Gasteiger partial charge in [-0.25, -0.2) is 0 Å². The Labute approximate surface area is 64.6 Å². The van der Waals surface area contributed by atoms with Gasteiger partial charge in [0.25, 0.3) is 0 Å². The van der Waals surface area contributed by atoms with E-state index in [1.54, 1.807) is 0 Å². The summed E-state index contributed by atoms with van der Waals surface area (Å²) in [5.74, 6) is -6.23. The van der Waals surface area contributed by atoms with Crippen LogP contribution in [0.2, 0.25) is 0 Å². The average Bonchev–Trinajstić information content (AvgIpc) is 1.85.